The number of nitrogens with zero attached hydrogens (tertiary/aromatic N) is 2. The molecule has 0 aliphatic rings. The molecule has 0 saturated heterocycles. The molecule has 6 nitrogen and oxygen atoms in total. The summed E-state index contributed by atoms with van der Waals surface area (Å²) < 4.78 is 9.24. The summed E-state index contributed by atoms with van der Waals surface area (Å²) in [7, 11) is 0. The minimum atomic E-state index is -0.487. The summed E-state index contributed by atoms with van der Waals surface area (Å²) in [5.41, 5.74) is 0. The molecule has 0 atom stereocenters. The first-order valence-corrected chi connectivity index (χ1v) is 3.77. The summed E-state index contributed by atoms with van der Waals surface area (Å²) in [5.74, 6) is -0.846. The lowest BCUT2D eigenvalue weighted by molar-refractivity contribution is -0.133. The van der Waals surface area contributed by atoms with Crippen LogP contribution < -0.4 is 9.47 Å². The number of rotatable bonds is 2. The maximum Gasteiger partial charge on any atom is 0.309 e. The molecule has 0 fully saturated rings. The van der Waals surface area contributed by atoms with Gasteiger partial charge in [0.2, 0.25) is 11.8 Å². The second kappa shape index (κ2) is 4.31. The zero-order chi connectivity index (χ0) is 10.6. The Hall–Kier alpha value is -1.98. The quantitative estimate of drug-likeness (QED) is 0.634. The van der Waals surface area contributed by atoms with Crippen LogP contribution in [-0.2, 0) is 9.59 Å². The molecular formula is C8H8N2O4. The van der Waals surface area contributed by atoms with E-state index in [0.717, 1.165) is 0 Å². The van der Waals surface area contributed by atoms with Crippen LogP contribution in [0.15, 0.2) is 12.4 Å². The third-order valence-electron chi connectivity index (χ3n) is 1.10. The van der Waals surface area contributed by atoms with Crippen LogP contribution in [0.5, 0.6) is 11.8 Å². The number of carbonyl (C=O) groups is 2. The average Bonchev–Trinajstić information content (AvgIpc) is 2.06. The van der Waals surface area contributed by atoms with Gasteiger partial charge in [-0.05, 0) is 0 Å². The Kier molecular flexibility index (Phi) is 3.11. The summed E-state index contributed by atoms with van der Waals surface area (Å²) in [4.78, 5) is 28.4. The van der Waals surface area contributed by atoms with Crippen LogP contribution in [0.4, 0.5) is 0 Å². The Morgan fingerprint density at radius 3 is 1.57 bits per heavy atom. The van der Waals surface area contributed by atoms with Gasteiger partial charge in [-0.1, -0.05) is 0 Å². The summed E-state index contributed by atoms with van der Waals surface area (Å²) in [6, 6.07) is 0. The van der Waals surface area contributed by atoms with Gasteiger partial charge in [0.15, 0.2) is 0 Å². The van der Waals surface area contributed by atoms with E-state index in [-0.39, 0.29) is 11.8 Å². The van der Waals surface area contributed by atoms with Gasteiger partial charge < -0.3 is 9.47 Å². The molecule has 14 heavy (non-hydrogen) atoms. The molecule has 0 spiro atoms. The van der Waals surface area contributed by atoms with Crippen molar-refractivity contribution in [3.8, 4) is 11.8 Å². The molecule has 0 aliphatic carbocycles. The highest BCUT2D eigenvalue weighted by Crippen LogP contribution is 2.09. The number of hydrogen-bond acceptors (Lipinski definition) is 6. The number of hydrogen-bond donors (Lipinski definition) is 0. The molecule has 0 bridgehead atoms. The van der Waals surface area contributed by atoms with Gasteiger partial charge in [-0.3, -0.25) is 9.59 Å². The SMILES string of the molecule is CC(=O)Oc1cnc(OC(C)=O)cn1. The van der Waals surface area contributed by atoms with Crippen LogP contribution in [0.2, 0.25) is 0 Å². The van der Waals surface area contributed by atoms with Crippen molar-refractivity contribution in [2.24, 2.45) is 0 Å². The minimum absolute atomic E-state index is 0.0633. The fourth-order valence-electron chi connectivity index (χ4n) is 0.704. The van der Waals surface area contributed by atoms with E-state index in [2.05, 4.69) is 19.4 Å². The Bertz CT molecular complexity index is 312. The lowest BCUT2D eigenvalue weighted by atomic mass is 10.6. The fraction of sp³-hybridized carbons (Fsp3) is 0.250. The van der Waals surface area contributed by atoms with Gasteiger partial charge in [0.1, 0.15) is 0 Å². The second-order valence-corrected chi connectivity index (χ2v) is 2.38. The van der Waals surface area contributed by atoms with Gasteiger partial charge in [0.25, 0.3) is 0 Å². The molecule has 0 radical (unpaired) electrons. The van der Waals surface area contributed by atoms with Crippen molar-refractivity contribution in [3.63, 3.8) is 0 Å². The largest absolute Gasteiger partial charge is 0.406 e. The van der Waals surface area contributed by atoms with Crippen LogP contribution >= 0.6 is 0 Å². The van der Waals surface area contributed by atoms with E-state index in [4.69, 9.17) is 0 Å². The summed E-state index contributed by atoms with van der Waals surface area (Å²) in [6.07, 6.45) is 2.39. The Labute approximate surface area is 79.9 Å². The summed E-state index contributed by atoms with van der Waals surface area (Å²) in [6.45, 7) is 2.50. The predicted molar refractivity (Wildman–Crippen MR) is 44.7 cm³/mol. The number of carbonyl (C=O) groups excluding carboxylic acids is 2. The third-order valence-corrected chi connectivity index (χ3v) is 1.10. The first-order valence-electron chi connectivity index (χ1n) is 3.77. The van der Waals surface area contributed by atoms with Crippen molar-refractivity contribution in [3.05, 3.63) is 12.4 Å². The molecule has 6 heteroatoms. The molecule has 0 amide bonds. The van der Waals surface area contributed by atoms with Gasteiger partial charge in [0, 0.05) is 13.8 Å². The standard InChI is InChI=1S/C8H8N2O4/c1-5(11)13-7-3-10-8(4-9-7)14-6(2)12/h3-4H,1-2H3. The first kappa shape index (κ1) is 10.1. The maximum absolute atomic E-state index is 10.5. The van der Waals surface area contributed by atoms with E-state index in [1.54, 1.807) is 0 Å². The lowest BCUT2D eigenvalue weighted by Gasteiger charge is -2.00. The van der Waals surface area contributed by atoms with Crippen molar-refractivity contribution < 1.29 is 19.1 Å². The molecule has 0 N–H and O–H groups in total. The zero-order valence-corrected chi connectivity index (χ0v) is 7.68. The van der Waals surface area contributed by atoms with Crippen LogP contribution in [0.1, 0.15) is 13.8 Å². The molecule has 0 aromatic carbocycles. The fourth-order valence-corrected chi connectivity index (χ4v) is 0.704. The van der Waals surface area contributed by atoms with Gasteiger partial charge in [-0.15, -0.1) is 0 Å². The molecule has 1 rings (SSSR count). The predicted octanol–water partition coefficient (Wildman–Crippen LogP) is 0.327. The van der Waals surface area contributed by atoms with E-state index in [1.165, 1.54) is 26.2 Å². The van der Waals surface area contributed by atoms with Crippen molar-refractivity contribution in [1.82, 2.24) is 9.97 Å². The van der Waals surface area contributed by atoms with Crippen molar-refractivity contribution in [1.29, 1.82) is 0 Å². The van der Waals surface area contributed by atoms with Crippen molar-refractivity contribution >= 4 is 11.9 Å². The Morgan fingerprint density at radius 2 is 1.36 bits per heavy atom. The average molecular weight is 196 g/mol. The molecular weight excluding hydrogens is 188 g/mol. The van der Waals surface area contributed by atoms with Gasteiger partial charge in [0.05, 0.1) is 12.4 Å². The number of ether oxygens (including phenoxy) is 2. The van der Waals surface area contributed by atoms with Gasteiger partial charge in [-0.2, -0.15) is 0 Å². The highest BCUT2D eigenvalue weighted by atomic mass is 16.5. The highest BCUT2D eigenvalue weighted by molar-refractivity contribution is 5.69. The van der Waals surface area contributed by atoms with Crippen LogP contribution in [-0.4, -0.2) is 21.9 Å². The Balaban J connectivity index is 2.68. The smallest absolute Gasteiger partial charge is 0.309 e. The highest BCUT2D eigenvalue weighted by Gasteiger charge is 2.03. The Morgan fingerprint density at radius 1 is 1.00 bits per heavy atom. The molecule has 1 aromatic rings. The molecule has 1 aromatic heterocycles. The van der Waals surface area contributed by atoms with Crippen molar-refractivity contribution in [2.45, 2.75) is 13.8 Å². The maximum atomic E-state index is 10.5. The summed E-state index contributed by atoms with van der Waals surface area (Å²) >= 11 is 0. The van der Waals surface area contributed by atoms with Crippen LogP contribution in [0.25, 0.3) is 0 Å². The van der Waals surface area contributed by atoms with Gasteiger partial charge >= 0.3 is 11.9 Å². The van der Waals surface area contributed by atoms with Crippen LogP contribution in [0.3, 0.4) is 0 Å². The topological polar surface area (TPSA) is 78.4 Å². The third kappa shape index (κ3) is 3.18. The normalized spacial score (nSPS) is 9.29. The van der Waals surface area contributed by atoms with E-state index in [9.17, 15) is 9.59 Å². The van der Waals surface area contributed by atoms with E-state index in [1.807, 2.05) is 0 Å². The second-order valence-electron chi connectivity index (χ2n) is 2.38. The lowest BCUT2D eigenvalue weighted by Crippen LogP contribution is -2.06. The van der Waals surface area contributed by atoms with Crippen LogP contribution in [0, 0.1) is 0 Å². The molecule has 0 aliphatic heterocycles. The van der Waals surface area contributed by atoms with E-state index in [0.29, 0.717) is 0 Å². The van der Waals surface area contributed by atoms with E-state index < -0.39 is 11.9 Å². The van der Waals surface area contributed by atoms with Crippen molar-refractivity contribution in [2.75, 3.05) is 0 Å². The summed E-state index contributed by atoms with van der Waals surface area (Å²) in [5, 5.41) is 0. The monoisotopic (exact) mass is 196 g/mol. The minimum Gasteiger partial charge on any atom is -0.406 e. The molecule has 74 valence electrons. The van der Waals surface area contributed by atoms with Gasteiger partial charge in [-0.25, -0.2) is 9.97 Å². The molecule has 0 unspecified atom stereocenters. The zero-order valence-electron chi connectivity index (χ0n) is 7.68. The molecule has 1 heterocycles. The number of esters is 2. The molecule has 0 saturated carbocycles. The van der Waals surface area contributed by atoms with E-state index >= 15 is 0 Å². The number of aromatic nitrogens is 2. The first-order chi connectivity index (χ1) is 6.58.